The molecule has 1 rings (SSSR count). The Balaban J connectivity index is 0.00000289. The van der Waals surface area contributed by atoms with E-state index in [0.29, 0.717) is 5.96 Å². The van der Waals surface area contributed by atoms with Gasteiger partial charge in [0, 0.05) is 38.7 Å². The zero-order chi connectivity index (χ0) is 12.9. The molecular weight excluding hydrogens is 387 g/mol. The summed E-state index contributed by atoms with van der Waals surface area (Å²) < 4.78 is 24.2. The molecule has 1 aliphatic heterocycles. The number of thioether (sulfide) groups is 1. The van der Waals surface area contributed by atoms with Crippen LogP contribution >= 0.6 is 35.7 Å². The molecule has 0 spiro atoms. The Kier molecular flexibility index (Phi) is 8.56. The van der Waals surface area contributed by atoms with E-state index in [-0.39, 0.29) is 36.3 Å². The third-order valence-corrected chi connectivity index (χ3v) is 5.27. The molecule has 18 heavy (non-hydrogen) atoms. The van der Waals surface area contributed by atoms with Crippen LogP contribution in [0.4, 0.5) is 0 Å². The van der Waals surface area contributed by atoms with Gasteiger partial charge in [-0.3, -0.25) is 4.99 Å². The summed E-state index contributed by atoms with van der Waals surface area (Å²) in [5.74, 6) is 2.56. The first kappa shape index (κ1) is 18.3. The Morgan fingerprint density at radius 3 is 2.44 bits per heavy atom. The van der Waals surface area contributed by atoms with Crippen LogP contribution in [0, 0.1) is 0 Å². The highest BCUT2D eigenvalue weighted by atomic mass is 127. The summed E-state index contributed by atoms with van der Waals surface area (Å²) in [6, 6.07) is 0. The van der Waals surface area contributed by atoms with Gasteiger partial charge in [0.05, 0.1) is 12.3 Å². The Morgan fingerprint density at radius 1 is 1.39 bits per heavy atom. The van der Waals surface area contributed by atoms with Crippen molar-refractivity contribution >= 4 is 51.7 Å². The van der Waals surface area contributed by atoms with E-state index >= 15 is 0 Å². The van der Waals surface area contributed by atoms with Crippen molar-refractivity contribution in [3.05, 3.63) is 0 Å². The summed E-state index contributed by atoms with van der Waals surface area (Å²) >= 11 is 1.89. The van der Waals surface area contributed by atoms with E-state index in [2.05, 4.69) is 4.99 Å². The largest absolute Gasteiger partial charge is 0.370 e. The van der Waals surface area contributed by atoms with E-state index < -0.39 is 10.0 Å². The number of rotatable bonds is 4. The van der Waals surface area contributed by atoms with Gasteiger partial charge in [-0.1, -0.05) is 0 Å². The molecule has 0 radical (unpaired) electrons. The van der Waals surface area contributed by atoms with Crippen LogP contribution < -0.4 is 5.73 Å². The SMILES string of the molecule is CN(C)S(=O)(=O)CCN=C(N)N1CCSCC1.I. The number of nitrogens with two attached hydrogens (primary N) is 1. The lowest BCUT2D eigenvalue weighted by molar-refractivity contribution is 0.456. The average Bonchev–Trinajstić information content (AvgIpc) is 2.29. The van der Waals surface area contributed by atoms with E-state index in [1.807, 2.05) is 16.7 Å². The predicted molar refractivity (Wildman–Crippen MR) is 88.3 cm³/mol. The Bertz CT molecular complexity index is 367. The van der Waals surface area contributed by atoms with Gasteiger partial charge in [-0.05, 0) is 0 Å². The smallest absolute Gasteiger partial charge is 0.215 e. The molecule has 108 valence electrons. The number of nitrogens with zero attached hydrogens (tertiary/aromatic N) is 3. The quantitative estimate of drug-likeness (QED) is 0.398. The standard InChI is InChI=1S/C9H20N4O2S2.HI/c1-12(2)17(14,15)8-3-11-9(10)13-4-6-16-7-5-13;/h3-8H2,1-2H3,(H2,10,11);1H. The molecule has 9 heteroatoms. The first-order valence-corrected chi connectivity index (χ1v) is 8.22. The first-order valence-electron chi connectivity index (χ1n) is 5.46. The van der Waals surface area contributed by atoms with Crippen LogP contribution in [0.5, 0.6) is 0 Å². The minimum Gasteiger partial charge on any atom is -0.370 e. The predicted octanol–water partition coefficient (Wildman–Crippen LogP) is -0.141. The number of hydrogen-bond acceptors (Lipinski definition) is 4. The zero-order valence-electron chi connectivity index (χ0n) is 10.7. The minimum atomic E-state index is -3.18. The van der Waals surface area contributed by atoms with E-state index in [1.54, 1.807) is 0 Å². The molecule has 0 atom stereocenters. The van der Waals surface area contributed by atoms with Gasteiger partial charge in [-0.15, -0.1) is 24.0 Å². The molecule has 1 aliphatic rings. The highest BCUT2D eigenvalue weighted by Gasteiger charge is 2.14. The third kappa shape index (κ3) is 5.93. The zero-order valence-corrected chi connectivity index (χ0v) is 14.7. The van der Waals surface area contributed by atoms with Gasteiger partial charge in [-0.25, -0.2) is 12.7 Å². The summed E-state index contributed by atoms with van der Waals surface area (Å²) in [4.78, 5) is 6.12. The van der Waals surface area contributed by atoms with Crippen LogP contribution in [0.3, 0.4) is 0 Å². The lowest BCUT2D eigenvalue weighted by Gasteiger charge is -2.27. The van der Waals surface area contributed by atoms with Gasteiger partial charge in [0.25, 0.3) is 0 Å². The second-order valence-corrected chi connectivity index (χ2v) is 7.46. The fraction of sp³-hybridized carbons (Fsp3) is 0.889. The second kappa shape index (κ2) is 8.43. The molecule has 1 heterocycles. The van der Waals surface area contributed by atoms with Crippen LogP contribution in [0.2, 0.25) is 0 Å². The number of sulfonamides is 1. The summed E-state index contributed by atoms with van der Waals surface area (Å²) in [5, 5.41) is 0. The van der Waals surface area contributed by atoms with Crippen molar-refractivity contribution in [3.8, 4) is 0 Å². The highest BCUT2D eigenvalue weighted by molar-refractivity contribution is 14.0. The number of aliphatic imine (C=N–C) groups is 1. The normalized spacial score (nSPS) is 17.7. The van der Waals surface area contributed by atoms with Crippen molar-refractivity contribution < 1.29 is 8.42 Å². The average molecular weight is 408 g/mol. The lowest BCUT2D eigenvalue weighted by Crippen LogP contribution is -2.43. The van der Waals surface area contributed by atoms with Crippen molar-refractivity contribution in [2.45, 2.75) is 0 Å². The molecule has 1 saturated heterocycles. The summed E-state index contributed by atoms with van der Waals surface area (Å²) in [6.45, 7) is 2.00. The Morgan fingerprint density at radius 2 is 1.94 bits per heavy atom. The van der Waals surface area contributed by atoms with Crippen molar-refractivity contribution in [2.24, 2.45) is 10.7 Å². The Hall–Kier alpha value is 0.260. The number of halogens is 1. The number of hydrogen-bond donors (Lipinski definition) is 1. The van der Waals surface area contributed by atoms with Gasteiger partial charge >= 0.3 is 0 Å². The van der Waals surface area contributed by atoms with Gasteiger partial charge in [0.1, 0.15) is 0 Å². The van der Waals surface area contributed by atoms with Crippen molar-refractivity contribution in [1.82, 2.24) is 9.21 Å². The van der Waals surface area contributed by atoms with Gasteiger partial charge in [0.2, 0.25) is 10.0 Å². The molecule has 0 amide bonds. The molecule has 0 aliphatic carbocycles. The van der Waals surface area contributed by atoms with E-state index in [1.165, 1.54) is 18.4 Å². The molecule has 0 saturated carbocycles. The molecule has 0 aromatic heterocycles. The summed E-state index contributed by atoms with van der Waals surface area (Å²) in [5.41, 5.74) is 5.81. The maximum absolute atomic E-state index is 11.5. The fourth-order valence-corrected chi connectivity index (χ4v) is 2.94. The van der Waals surface area contributed by atoms with Crippen LogP contribution in [-0.2, 0) is 10.0 Å². The van der Waals surface area contributed by atoms with E-state index in [4.69, 9.17) is 5.73 Å². The third-order valence-electron chi connectivity index (χ3n) is 2.51. The molecule has 1 fully saturated rings. The van der Waals surface area contributed by atoms with Crippen molar-refractivity contribution in [2.75, 3.05) is 51.0 Å². The molecule has 6 nitrogen and oxygen atoms in total. The topological polar surface area (TPSA) is 79.0 Å². The number of guanidine groups is 1. The summed E-state index contributed by atoms with van der Waals surface area (Å²) in [7, 11) is -0.140. The van der Waals surface area contributed by atoms with Gasteiger partial charge in [-0.2, -0.15) is 11.8 Å². The maximum Gasteiger partial charge on any atom is 0.215 e. The molecule has 2 N–H and O–H groups in total. The molecule has 0 aromatic carbocycles. The van der Waals surface area contributed by atoms with Crippen LogP contribution in [-0.4, -0.2) is 74.6 Å². The fourth-order valence-electron chi connectivity index (χ4n) is 1.35. The van der Waals surface area contributed by atoms with E-state index in [9.17, 15) is 8.42 Å². The van der Waals surface area contributed by atoms with Crippen LogP contribution in [0.15, 0.2) is 4.99 Å². The lowest BCUT2D eigenvalue weighted by atomic mass is 10.5. The van der Waals surface area contributed by atoms with Crippen LogP contribution in [0.1, 0.15) is 0 Å². The Labute approximate surface area is 130 Å². The maximum atomic E-state index is 11.5. The monoisotopic (exact) mass is 408 g/mol. The highest BCUT2D eigenvalue weighted by Crippen LogP contribution is 2.08. The molecule has 0 bridgehead atoms. The molecule has 0 aromatic rings. The summed E-state index contributed by atoms with van der Waals surface area (Å²) in [6.07, 6.45) is 0. The first-order chi connectivity index (χ1) is 7.93. The van der Waals surface area contributed by atoms with Gasteiger partial charge in [0.15, 0.2) is 5.96 Å². The van der Waals surface area contributed by atoms with Crippen molar-refractivity contribution in [3.63, 3.8) is 0 Å². The molecule has 0 unspecified atom stereocenters. The molecular formula is C9H21IN4O2S2. The van der Waals surface area contributed by atoms with E-state index in [0.717, 1.165) is 24.6 Å². The minimum absolute atomic E-state index is 0. The van der Waals surface area contributed by atoms with Crippen molar-refractivity contribution in [1.29, 1.82) is 0 Å². The van der Waals surface area contributed by atoms with Gasteiger partial charge < -0.3 is 10.6 Å². The second-order valence-electron chi connectivity index (χ2n) is 3.94. The van der Waals surface area contributed by atoms with Crippen LogP contribution in [0.25, 0.3) is 0 Å².